The van der Waals surface area contributed by atoms with Crippen molar-refractivity contribution in [2.75, 3.05) is 6.54 Å². The molecule has 16 heavy (non-hydrogen) atoms. The Kier molecular flexibility index (Phi) is 3.55. The summed E-state index contributed by atoms with van der Waals surface area (Å²) in [4.78, 5) is 4.53. The van der Waals surface area contributed by atoms with Crippen molar-refractivity contribution in [2.45, 2.75) is 49.4 Å². The second-order valence-electron chi connectivity index (χ2n) is 5.26. The number of hydrogen-bond acceptors (Lipinski definition) is 3. The Hall–Kier alpha value is -0.540. The van der Waals surface area contributed by atoms with Gasteiger partial charge in [-0.1, -0.05) is 26.8 Å². The van der Waals surface area contributed by atoms with Crippen LogP contribution in [0.2, 0.25) is 0 Å². The quantitative estimate of drug-likeness (QED) is 0.797. The van der Waals surface area contributed by atoms with E-state index in [-0.39, 0.29) is 4.75 Å². The molecular weight excluding hydrogens is 216 g/mol. The molecule has 1 atom stereocenters. The Labute approximate surface area is 102 Å². The molecule has 1 saturated heterocycles. The van der Waals surface area contributed by atoms with Crippen LogP contribution < -0.4 is 5.32 Å². The Morgan fingerprint density at radius 3 is 2.88 bits per heavy atom. The lowest BCUT2D eigenvalue weighted by molar-refractivity contribution is 0.628. The van der Waals surface area contributed by atoms with E-state index in [2.05, 4.69) is 37.1 Å². The summed E-state index contributed by atoms with van der Waals surface area (Å²) in [6.45, 7) is 7.84. The number of thioether (sulfide) groups is 1. The van der Waals surface area contributed by atoms with Gasteiger partial charge < -0.3 is 5.32 Å². The molecule has 2 rings (SSSR count). The highest BCUT2D eigenvalue weighted by atomic mass is 32.2. The van der Waals surface area contributed by atoms with Crippen molar-refractivity contribution in [1.29, 1.82) is 0 Å². The van der Waals surface area contributed by atoms with Crippen LogP contribution in [0.5, 0.6) is 0 Å². The zero-order valence-electron chi connectivity index (χ0n) is 10.3. The minimum Gasteiger partial charge on any atom is -0.310 e. The molecule has 3 heteroatoms. The maximum absolute atomic E-state index is 4.53. The van der Waals surface area contributed by atoms with Crippen molar-refractivity contribution in [1.82, 2.24) is 10.3 Å². The van der Waals surface area contributed by atoms with E-state index in [1.807, 2.05) is 24.0 Å². The van der Waals surface area contributed by atoms with E-state index < -0.39 is 0 Å². The zero-order valence-corrected chi connectivity index (χ0v) is 11.1. The summed E-state index contributed by atoms with van der Waals surface area (Å²) in [7, 11) is 0. The van der Waals surface area contributed by atoms with E-state index in [9.17, 15) is 0 Å². The van der Waals surface area contributed by atoms with Crippen molar-refractivity contribution in [3.8, 4) is 0 Å². The molecule has 2 nitrogen and oxygen atoms in total. The van der Waals surface area contributed by atoms with Crippen molar-refractivity contribution >= 4 is 11.8 Å². The Balaban J connectivity index is 2.23. The van der Waals surface area contributed by atoms with Crippen LogP contribution in [0.1, 0.15) is 45.2 Å². The van der Waals surface area contributed by atoms with E-state index in [1.54, 1.807) is 0 Å². The molecule has 0 saturated carbocycles. The molecule has 1 aliphatic heterocycles. The van der Waals surface area contributed by atoms with Gasteiger partial charge in [-0.05, 0) is 25.5 Å². The van der Waals surface area contributed by atoms with Gasteiger partial charge in [0.05, 0.1) is 0 Å². The monoisotopic (exact) mass is 236 g/mol. The fourth-order valence-electron chi connectivity index (χ4n) is 1.99. The third-order valence-electron chi connectivity index (χ3n) is 2.64. The molecule has 0 aromatic carbocycles. The predicted molar refractivity (Wildman–Crippen MR) is 69.8 cm³/mol. The molecule has 1 aromatic rings. The third-order valence-corrected chi connectivity index (χ3v) is 3.79. The summed E-state index contributed by atoms with van der Waals surface area (Å²) in [5, 5.41) is 4.73. The summed E-state index contributed by atoms with van der Waals surface area (Å²) in [5.74, 6) is 0. The van der Waals surface area contributed by atoms with Crippen molar-refractivity contribution in [3.05, 3.63) is 23.9 Å². The number of pyridine rings is 1. The van der Waals surface area contributed by atoms with Crippen LogP contribution in [0.4, 0.5) is 0 Å². The van der Waals surface area contributed by atoms with Crippen LogP contribution in [-0.2, 0) is 0 Å². The highest BCUT2D eigenvalue weighted by Gasteiger charge is 2.22. The summed E-state index contributed by atoms with van der Waals surface area (Å²) in [5.41, 5.74) is 1.37. The smallest absolute Gasteiger partial charge is 0.101 e. The van der Waals surface area contributed by atoms with Gasteiger partial charge in [0.25, 0.3) is 0 Å². The second-order valence-corrected chi connectivity index (χ2v) is 7.08. The molecule has 1 fully saturated rings. The van der Waals surface area contributed by atoms with Gasteiger partial charge in [0.15, 0.2) is 0 Å². The highest BCUT2D eigenvalue weighted by molar-refractivity contribution is 8.00. The van der Waals surface area contributed by atoms with Gasteiger partial charge >= 0.3 is 0 Å². The fourth-order valence-corrected chi connectivity index (χ4v) is 3.02. The lowest BCUT2D eigenvalue weighted by atomic mass is 10.1. The molecule has 0 radical (unpaired) electrons. The molecule has 1 N–H and O–H groups in total. The molecule has 0 amide bonds. The summed E-state index contributed by atoms with van der Waals surface area (Å²) >= 11 is 1.86. The van der Waals surface area contributed by atoms with Gasteiger partial charge in [0.1, 0.15) is 5.03 Å². The number of nitrogens with one attached hydrogen (secondary N) is 1. The average Bonchev–Trinajstić information content (AvgIpc) is 2.69. The summed E-state index contributed by atoms with van der Waals surface area (Å²) < 4.78 is 0.224. The van der Waals surface area contributed by atoms with Crippen LogP contribution in [-0.4, -0.2) is 16.3 Å². The average molecular weight is 236 g/mol. The van der Waals surface area contributed by atoms with Crippen molar-refractivity contribution < 1.29 is 0 Å². The van der Waals surface area contributed by atoms with E-state index in [1.165, 1.54) is 23.4 Å². The largest absolute Gasteiger partial charge is 0.310 e. The molecule has 0 unspecified atom stereocenters. The molecular formula is C13H20N2S. The first-order chi connectivity index (χ1) is 7.56. The van der Waals surface area contributed by atoms with Crippen LogP contribution in [0.25, 0.3) is 0 Å². The molecule has 2 heterocycles. The van der Waals surface area contributed by atoms with E-state index in [4.69, 9.17) is 0 Å². The first-order valence-electron chi connectivity index (χ1n) is 5.93. The first-order valence-corrected chi connectivity index (χ1v) is 6.75. The van der Waals surface area contributed by atoms with Gasteiger partial charge in [-0.2, -0.15) is 0 Å². The minimum atomic E-state index is 0.224. The van der Waals surface area contributed by atoms with E-state index in [0.717, 1.165) is 6.54 Å². The van der Waals surface area contributed by atoms with Gasteiger partial charge in [-0.3, -0.25) is 0 Å². The minimum absolute atomic E-state index is 0.224. The number of hydrogen-bond donors (Lipinski definition) is 1. The Morgan fingerprint density at radius 2 is 2.25 bits per heavy atom. The third kappa shape index (κ3) is 2.98. The normalized spacial score (nSPS) is 21.3. The van der Waals surface area contributed by atoms with Crippen LogP contribution in [0, 0.1) is 0 Å². The van der Waals surface area contributed by atoms with Gasteiger partial charge in [-0.25, -0.2) is 4.98 Å². The zero-order chi connectivity index (χ0) is 11.6. The lowest BCUT2D eigenvalue weighted by Crippen LogP contribution is -2.16. The SMILES string of the molecule is CC(C)(C)Sc1ncccc1[C@@H]1CCCN1. The molecule has 1 aromatic heterocycles. The van der Waals surface area contributed by atoms with Crippen molar-refractivity contribution in [2.24, 2.45) is 0 Å². The first kappa shape index (κ1) is 11.9. The van der Waals surface area contributed by atoms with Gasteiger partial charge in [0.2, 0.25) is 0 Å². The molecule has 0 spiro atoms. The number of aromatic nitrogens is 1. The predicted octanol–water partition coefficient (Wildman–Crippen LogP) is 3.40. The summed E-state index contributed by atoms with van der Waals surface area (Å²) in [6, 6.07) is 4.77. The topological polar surface area (TPSA) is 24.9 Å². The number of rotatable bonds is 2. The van der Waals surface area contributed by atoms with Gasteiger partial charge in [-0.15, -0.1) is 11.8 Å². The van der Waals surface area contributed by atoms with Gasteiger partial charge in [0, 0.05) is 22.5 Å². The Morgan fingerprint density at radius 1 is 1.44 bits per heavy atom. The summed E-state index contributed by atoms with van der Waals surface area (Å²) in [6.07, 6.45) is 4.41. The van der Waals surface area contributed by atoms with E-state index >= 15 is 0 Å². The second kappa shape index (κ2) is 4.76. The fraction of sp³-hybridized carbons (Fsp3) is 0.615. The van der Waals surface area contributed by atoms with Crippen molar-refractivity contribution in [3.63, 3.8) is 0 Å². The molecule has 88 valence electrons. The number of nitrogens with zero attached hydrogens (tertiary/aromatic N) is 1. The Bertz CT molecular complexity index is 351. The maximum atomic E-state index is 4.53. The molecule has 1 aliphatic rings. The van der Waals surface area contributed by atoms with E-state index in [0.29, 0.717) is 6.04 Å². The standard InChI is InChI=1S/C13H20N2S/c1-13(2,3)16-12-10(6-4-9-15-12)11-7-5-8-14-11/h4,6,9,11,14H,5,7-8H2,1-3H3/t11-/m0/s1. The molecule has 0 bridgehead atoms. The highest BCUT2D eigenvalue weighted by Crippen LogP contribution is 2.36. The maximum Gasteiger partial charge on any atom is 0.101 e. The molecule has 0 aliphatic carbocycles. The lowest BCUT2D eigenvalue weighted by Gasteiger charge is -2.21. The van der Waals surface area contributed by atoms with Crippen LogP contribution in [0.3, 0.4) is 0 Å². The van der Waals surface area contributed by atoms with Crippen LogP contribution in [0.15, 0.2) is 23.4 Å². The van der Waals surface area contributed by atoms with Crippen LogP contribution >= 0.6 is 11.8 Å².